The third-order valence-corrected chi connectivity index (χ3v) is 3.50. The molecule has 0 saturated heterocycles. The van der Waals surface area contributed by atoms with Gasteiger partial charge in [0.2, 0.25) is 0 Å². The molecular weight excluding hydrogens is 264 g/mol. The third-order valence-electron chi connectivity index (χ3n) is 2.64. The summed E-state index contributed by atoms with van der Waals surface area (Å²) in [6.07, 6.45) is 0. The van der Waals surface area contributed by atoms with E-state index in [4.69, 9.17) is 14.2 Å². The zero-order valence-corrected chi connectivity index (χ0v) is 12.6. The van der Waals surface area contributed by atoms with Crippen LogP contribution in [0.4, 0.5) is 0 Å². The molecule has 0 amide bonds. The van der Waals surface area contributed by atoms with Crippen molar-refractivity contribution in [1.29, 1.82) is 0 Å². The van der Waals surface area contributed by atoms with E-state index in [0.29, 0.717) is 29.4 Å². The Morgan fingerprint density at radius 1 is 1.32 bits per heavy atom. The molecule has 0 aromatic heterocycles. The first-order valence-corrected chi connectivity index (χ1v) is 6.57. The van der Waals surface area contributed by atoms with Gasteiger partial charge in [-0.1, -0.05) is 13.8 Å². The number of esters is 1. The molecule has 0 fully saturated rings. The Morgan fingerprint density at radius 2 is 2.00 bits per heavy atom. The van der Waals surface area contributed by atoms with Crippen molar-refractivity contribution in [3.63, 3.8) is 0 Å². The van der Waals surface area contributed by atoms with Gasteiger partial charge in [0.1, 0.15) is 17.1 Å². The Kier molecular flexibility index (Phi) is 5.54. The van der Waals surface area contributed by atoms with Crippen molar-refractivity contribution in [2.45, 2.75) is 13.8 Å². The molecule has 1 rings (SSSR count). The van der Waals surface area contributed by atoms with Crippen LogP contribution in [-0.2, 0) is 4.74 Å². The lowest BCUT2D eigenvalue weighted by molar-refractivity contribution is 0.0593. The summed E-state index contributed by atoms with van der Waals surface area (Å²) in [6.45, 7) is 4.53. The molecule has 0 aliphatic carbocycles. The predicted octanol–water partition coefficient (Wildman–Crippen LogP) is 2.82. The molecule has 4 nitrogen and oxygen atoms in total. The van der Waals surface area contributed by atoms with Gasteiger partial charge in [-0.2, -0.15) is 12.6 Å². The summed E-state index contributed by atoms with van der Waals surface area (Å²) < 4.78 is 15.6. The van der Waals surface area contributed by atoms with Crippen molar-refractivity contribution >= 4 is 18.6 Å². The van der Waals surface area contributed by atoms with Crippen LogP contribution >= 0.6 is 12.6 Å². The Balaban J connectivity index is 2.98. The van der Waals surface area contributed by atoms with Crippen molar-refractivity contribution < 1.29 is 19.0 Å². The minimum atomic E-state index is -0.429. The highest BCUT2D eigenvalue weighted by molar-refractivity contribution is 7.80. The zero-order chi connectivity index (χ0) is 14.5. The number of methoxy groups -OCH3 is 2. The average molecular weight is 284 g/mol. The maximum absolute atomic E-state index is 11.7. The molecule has 0 bridgehead atoms. The normalized spacial score (nSPS) is 11.0. The van der Waals surface area contributed by atoms with E-state index >= 15 is 0 Å². The van der Waals surface area contributed by atoms with E-state index in [-0.39, 0.29) is 5.41 Å². The van der Waals surface area contributed by atoms with E-state index in [0.717, 1.165) is 0 Å². The lowest BCUT2D eigenvalue weighted by Gasteiger charge is -2.23. The monoisotopic (exact) mass is 284 g/mol. The van der Waals surface area contributed by atoms with Crippen LogP contribution < -0.4 is 9.47 Å². The van der Waals surface area contributed by atoms with Crippen molar-refractivity contribution in [2.75, 3.05) is 26.6 Å². The molecule has 0 aliphatic heterocycles. The molecular formula is C14H20O4S. The molecule has 106 valence electrons. The van der Waals surface area contributed by atoms with Crippen LogP contribution in [-0.4, -0.2) is 32.5 Å². The summed E-state index contributed by atoms with van der Waals surface area (Å²) in [4.78, 5) is 11.7. The summed E-state index contributed by atoms with van der Waals surface area (Å²) >= 11 is 4.27. The Labute approximate surface area is 119 Å². The van der Waals surface area contributed by atoms with Gasteiger partial charge in [0.15, 0.2) is 0 Å². The molecule has 1 aromatic rings. The van der Waals surface area contributed by atoms with Crippen LogP contribution in [0.3, 0.4) is 0 Å². The summed E-state index contributed by atoms with van der Waals surface area (Å²) in [5.41, 5.74) is 0.304. The highest BCUT2D eigenvalue weighted by Gasteiger charge is 2.20. The molecule has 5 heteroatoms. The maximum Gasteiger partial charge on any atom is 0.341 e. The van der Waals surface area contributed by atoms with Gasteiger partial charge >= 0.3 is 5.97 Å². The second-order valence-corrected chi connectivity index (χ2v) is 5.28. The number of benzene rings is 1. The quantitative estimate of drug-likeness (QED) is 0.644. The highest BCUT2D eigenvalue weighted by Crippen LogP contribution is 2.27. The average Bonchev–Trinajstić information content (AvgIpc) is 2.44. The largest absolute Gasteiger partial charge is 0.497 e. The summed E-state index contributed by atoms with van der Waals surface area (Å²) in [5.74, 6) is 1.35. The summed E-state index contributed by atoms with van der Waals surface area (Å²) in [5, 5.41) is 0. The first-order chi connectivity index (χ1) is 8.93. The molecule has 0 N–H and O–H groups in total. The molecule has 1 aromatic carbocycles. The van der Waals surface area contributed by atoms with Crippen LogP contribution in [0.5, 0.6) is 11.5 Å². The number of carbonyl (C=O) groups excluding carboxylic acids is 1. The molecule has 19 heavy (non-hydrogen) atoms. The number of carbonyl (C=O) groups is 1. The van der Waals surface area contributed by atoms with Gasteiger partial charge in [-0.05, 0) is 17.9 Å². The van der Waals surface area contributed by atoms with Crippen LogP contribution in [0.15, 0.2) is 18.2 Å². The molecule has 0 radical (unpaired) electrons. The number of thiol groups is 1. The molecule has 0 atom stereocenters. The fraction of sp³-hybridized carbons (Fsp3) is 0.500. The fourth-order valence-electron chi connectivity index (χ4n) is 1.35. The lowest BCUT2D eigenvalue weighted by atomic mass is 9.98. The second-order valence-electron chi connectivity index (χ2n) is 4.96. The van der Waals surface area contributed by atoms with E-state index in [1.807, 2.05) is 13.8 Å². The first kappa shape index (κ1) is 15.7. The van der Waals surface area contributed by atoms with Crippen molar-refractivity contribution in [3.8, 4) is 11.5 Å². The minimum Gasteiger partial charge on any atom is -0.497 e. The van der Waals surface area contributed by atoms with Crippen molar-refractivity contribution in [1.82, 2.24) is 0 Å². The van der Waals surface area contributed by atoms with E-state index < -0.39 is 5.97 Å². The van der Waals surface area contributed by atoms with Gasteiger partial charge in [0.25, 0.3) is 0 Å². The number of ether oxygens (including phenoxy) is 3. The predicted molar refractivity (Wildman–Crippen MR) is 77.5 cm³/mol. The van der Waals surface area contributed by atoms with E-state index in [2.05, 4.69) is 12.6 Å². The van der Waals surface area contributed by atoms with Crippen LogP contribution in [0.2, 0.25) is 0 Å². The third kappa shape index (κ3) is 4.35. The van der Waals surface area contributed by atoms with E-state index in [9.17, 15) is 4.79 Å². The molecule has 0 heterocycles. The van der Waals surface area contributed by atoms with Gasteiger partial charge in [0.05, 0.1) is 20.8 Å². The Bertz CT molecular complexity index is 443. The Hall–Kier alpha value is -1.36. The number of hydrogen-bond acceptors (Lipinski definition) is 5. The van der Waals surface area contributed by atoms with Crippen LogP contribution in [0.1, 0.15) is 24.2 Å². The molecule has 0 unspecified atom stereocenters. The van der Waals surface area contributed by atoms with E-state index in [1.54, 1.807) is 25.3 Å². The maximum atomic E-state index is 11.7. The van der Waals surface area contributed by atoms with Crippen LogP contribution in [0, 0.1) is 5.41 Å². The van der Waals surface area contributed by atoms with E-state index in [1.165, 1.54) is 7.11 Å². The minimum absolute atomic E-state index is 0.0838. The van der Waals surface area contributed by atoms with Gasteiger partial charge in [0, 0.05) is 11.5 Å². The van der Waals surface area contributed by atoms with Gasteiger partial charge < -0.3 is 14.2 Å². The van der Waals surface area contributed by atoms with Crippen LogP contribution in [0.25, 0.3) is 0 Å². The standard InChI is InChI=1S/C14H20O4S/c1-14(2,9-19)8-18-12-7-10(16-3)5-6-11(12)13(15)17-4/h5-7,19H,8-9H2,1-4H3. The smallest absolute Gasteiger partial charge is 0.341 e. The van der Waals surface area contributed by atoms with Crippen molar-refractivity contribution in [3.05, 3.63) is 23.8 Å². The zero-order valence-electron chi connectivity index (χ0n) is 11.7. The number of hydrogen-bond donors (Lipinski definition) is 1. The second kappa shape index (κ2) is 6.70. The number of rotatable bonds is 6. The first-order valence-electron chi connectivity index (χ1n) is 5.93. The fourth-order valence-corrected chi connectivity index (χ4v) is 1.44. The van der Waals surface area contributed by atoms with Gasteiger partial charge in [-0.15, -0.1) is 0 Å². The molecule has 0 spiro atoms. The van der Waals surface area contributed by atoms with Gasteiger partial charge in [-0.25, -0.2) is 4.79 Å². The van der Waals surface area contributed by atoms with Crippen molar-refractivity contribution in [2.24, 2.45) is 5.41 Å². The summed E-state index contributed by atoms with van der Waals surface area (Å²) in [7, 11) is 2.91. The topological polar surface area (TPSA) is 44.8 Å². The lowest BCUT2D eigenvalue weighted by Crippen LogP contribution is -2.23. The SMILES string of the molecule is COC(=O)c1ccc(OC)cc1OCC(C)(C)CS. The molecule has 0 saturated carbocycles. The Morgan fingerprint density at radius 3 is 2.53 bits per heavy atom. The van der Waals surface area contributed by atoms with Gasteiger partial charge in [-0.3, -0.25) is 0 Å². The highest BCUT2D eigenvalue weighted by atomic mass is 32.1. The molecule has 0 aliphatic rings. The summed E-state index contributed by atoms with van der Waals surface area (Å²) in [6, 6.07) is 5.01.